The number of benzene rings is 1. The maximum atomic E-state index is 14.5. The highest BCUT2D eigenvalue weighted by molar-refractivity contribution is 5.99. The molecule has 1 aromatic carbocycles. The van der Waals surface area contributed by atoms with Crippen molar-refractivity contribution in [2.45, 2.75) is 95.3 Å². The van der Waals surface area contributed by atoms with Crippen LogP contribution in [0.1, 0.15) is 70.3 Å². The summed E-state index contributed by atoms with van der Waals surface area (Å²) in [6.07, 6.45) is 0.673. The Kier molecular flexibility index (Phi) is 29.4. The topological polar surface area (TPSA) is 435 Å². The first-order valence-electron chi connectivity index (χ1n) is 26.4. The Bertz CT molecular complexity index is 2220. The van der Waals surface area contributed by atoms with E-state index in [2.05, 4.69) is 31.6 Å². The van der Waals surface area contributed by atoms with E-state index in [1.165, 1.54) is 0 Å². The lowest BCUT2D eigenvalue weighted by molar-refractivity contribution is -0.149. The van der Waals surface area contributed by atoms with Crippen LogP contribution < -0.4 is 43.8 Å². The molecule has 1 aromatic rings. The van der Waals surface area contributed by atoms with Crippen molar-refractivity contribution in [2.24, 2.45) is 28.1 Å². The van der Waals surface area contributed by atoms with E-state index in [0.717, 1.165) is 4.90 Å². The molecule has 2 saturated heterocycles. The first-order chi connectivity index (χ1) is 37.5. The zero-order valence-corrected chi connectivity index (χ0v) is 44.9. The molecule has 2 aliphatic heterocycles. The van der Waals surface area contributed by atoms with Crippen LogP contribution in [-0.4, -0.2) is 245 Å². The quantitative estimate of drug-likeness (QED) is 0.0237. The number of aliphatic carboxylic acids is 4. The van der Waals surface area contributed by atoms with Gasteiger partial charge in [-0.25, -0.2) is 0 Å². The maximum absolute atomic E-state index is 14.5. The maximum Gasteiger partial charge on any atom is 0.317 e. The standard InChI is InChI=1S/C50H80N14O15/c1-33(10-5-7-15-51)49(79)64(40(66)29-60-18-20-61(30-42(69)70)22-24-63(32-44(73)74)25-23-62(21-19-60)31-43(71)72)17-8-6-13-36-46(76)57-35(14-9-16-54-50(52)53)45(75)55-28-39(65)56-38(27-41(67)68)48(78)59-37(47(77)58-36)26-34-11-3-2-4-12-34/h2-4,11-12,33,35-38H,5-10,13-32,51H2,1H3,(H,55,75)(H,56,65)(H,57,76)(H,58,77)(H,59,78)(H,67,68)(H,69,70)(H,71,72)(H,73,74)(H4,52,53,54)/t33-,35-,36-,37+,38-/m0/s1. The molecule has 440 valence electrons. The van der Waals surface area contributed by atoms with E-state index in [1.807, 2.05) is 0 Å². The number of carboxylic acids is 4. The van der Waals surface area contributed by atoms with Crippen LogP contribution in [0.15, 0.2) is 35.3 Å². The largest absolute Gasteiger partial charge is 0.481 e. The highest BCUT2D eigenvalue weighted by Gasteiger charge is 2.34. The minimum absolute atomic E-state index is 0.0488. The van der Waals surface area contributed by atoms with Gasteiger partial charge < -0.3 is 64.2 Å². The Balaban J connectivity index is 2.00. The summed E-state index contributed by atoms with van der Waals surface area (Å²) in [5, 5.41) is 51.2. The number of aliphatic imine (C=N–C) groups is 1. The fourth-order valence-corrected chi connectivity index (χ4v) is 8.86. The second-order valence-electron chi connectivity index (χ2n) is 19.6. The number of nitrogens with two attached hydrogens (primary N) is 3. The number of nitrogens with zero attached hydrogens (tertiary/aromatic N) is 6. The van der Waals surface area contributed by atoms with Crippen molar-refractivity contribution < 1.29 is 73.2 Å². The SMILES string of the molecule is C[C@@H](CCCCN)C(=O)N(CCCC[C@@H]1NC(=O)[C@@H](Cc2ccccc2)NC(=O)[C@H](CC(=O)O)NC(=O)CNC(=O)[C@H](CCCN=C(N)N)NC1=O)C(=O)CN1CCN(CC(=O)O)CCN(CC(=O)O)CCN(CC(=O)O)CC1. The van der Waals surface area contributed by atoms with Gasteiger partial charge in [0.05, 0.1) is 39.1 Å². The molecule has 5 atom stereocenters. The third-order valence-corrected chi connectivity index (χ3v) is 13.2. The highest BCUT2D eigenvalue weighted by atomic mass is 16.4. The number of hydrogen-bond acceptors (Lipinski definition) is 17. The number of unbranched alkanes of at least 4 members (excludes halogenated alkanes) is 2. The van der Waals surface area contributed by atoms with Crippen molar-refractivity contribution in [3.63, 3.8) is 0 Å². The predicted octanol–water partition coefficient (Wildman–Crippen LogP) is -4.41. The fraction of sp³-hybridized carbons (Fsp3) is 0.640. The molecule has 3 rings (SSSR count). The molecule has 0 aromatic heterocycles. The minimum atomic E-state index is -1.69. The van der Waals surface area contributed by atoms with E-state index in [-0.39, 0.29) is 136 Å². The van der Waals surface area contributed by atoms with Gasteiger partial charge >= 0.3 is 23.9 Å². The van der Waals surface area contributed by atoms with E-state index in [1.54, 1.807) is 56.9 Å². The zero-order chi connectivity index (χ0) is 58.4. The number of hydrogen-bond donors (Lipinski definition) is 12. The van der Waals surface area contributed by atoms with Crippen molar-refractivity contribution in [3.05, 3.63) is 35.9 Å². The normalized spacial score (nSPS) is 20.7. The number of imide groups is 1. The van der Waals surface area contributed by atoms with Crippen LogP contribution >= 0.6 is 0 Å². The number of nitrogens with one attached hydrogen (secondary N) is 5. The smallest absolute Gasteiger partial charge is 0.317 e. The highest BCUT2D eigenvalue weighted by Crippen LogP contribution is 2.16. The fourth-order valence-electron chi connectivity index (χ4n) is 8.86. The number of guanidine groups is 1. The van der Waals surface area contributed by atoms with Crippen LogP contribution in [0.4, 0.5) is 0 Å². The molecular formula is C50H80N14O15. The third kappa shape index (κ3) is 26.2. The Morgan fingerprint density at radius 3 is 1.59 bits per heavy atom. The van der Waals surface area contributed by atoms with Gasteiger partial charge in [0.25, 0.3) is 0 Å². The summed E-state index contributed by atoms with van der Waals surface area (Å²) in [5.74, 6) is -11.4. The van der Waals surface area contributed by atoms with Crippen molar-refractivity contribution >= 4 is 71.2 Å². The molecule has 7 amide bonds. The van der Waals surface area contributed by atoms with Crippen LogP contribution in [0, 0.1) is 5.92 Å². The summed E-state index contributed by atoms with van der Waals surface area (Å²) in [7, 11) is 0. The van der Waals surface area contributed by atoms with Crippen molar-refractivity contribution in [2.75, 3.05) is 105 Å². The van der Waals surface area contributed by atoms with E-state index >= 15 is 0 Å². The molecular weight excluding hydrogens is 1040 g/mol. The molecule has 2 fully saturated rings. The Hall–Kier alpha value is -7.34. The number of carbonyl (C=O) groups is 11. The summed E-state index contributed by atoms with van der Waals surface area (Å²) in [5.41, 5.74) is 17.2. The van der Waals surface area contributed by atoms with Crippen molar-refractivity contribution in [3.8, 4) is 0 Å². The van der Waals surface area contributed by atoms with Gasteiger partial charge in [-0.2, -0.15) is 0 Å². The Morgan fingerprint density at radius 1 is 0.608 bits per heavy atom. The van der Waals surface area contributed by atoms with Gasteiger partial charge in [-0.3, -0.25) is 82.2 Å². The minimum Gasteiger partial charge on any atom is -0.481 e. The molecule has 2 heterocycles. The molecule has 2 aliphatic rings. The van der Waals surface area contributed by atoms with Crippen molar-refractivity contribution in [1.29, 1.82) is 0 Å². The van der Waals surface area contributed by atoms with Gasteiger partial charge in [0.2, 0.25) is 41.4 Å². The van der Waals surface area contributed by atoms with Crippen LogP contribution in [-0.2, 0) is 59.2 Å². The van der Waals surface area contributed by atoms with E-state index in [0.29, 0.717) is 31.4 Å². The van der Waals surface area contributed by atoms with Gasteiger partial charge in [0.1, 0.15) is 24.2 Å². The summed E-state index contributed by atoms with van der Waals surface area (Å²) in [6, 6.07) is 2.57. The number of carbonyl (C=O) groups excluding carboxylic acids is 7. The van der Waals surface area contributed by atoms with Crippen LogP contribution in [0.2, 0.25) is 0 Å². The monoisotopic (exact) mass is 1120 g/mol. The first-order valence-corrected chi connectivity index (χ1v) is 26.4. The van der Waals surface area contributed by atoms with Crippen LogP contribution in [0.5, 0.6) is 0 Å². The molecule has 29 heteroatoms. The third-order valence-electron chi connectivity index (χ3n) is 13.2. The lowest BCUT2D eigenvalue weighted by Gasteiger charge is -2.33. The molecule has 29 nitrogen and oxygen atoms in total. The zero-order valence-electron chi connectivity index (χ0n) is 44.9. The van der Waals surface area contributed by atoms with E-state index in [4.69, 9.17) is 17.2 Å². The van der Waals surface area contributed by atoms with Gasteiger partial charge in [0.15, 0.2) is 5.96 Å². The summed E-state index contributed by atoms with van der Waals surface area (Å²) < 4.78 is 0. The van der Waals surface area contributed by atoms with Gasteiger partial charge in [-0.1, -0.05) is 43.7 Å². The molecule has 0 saturated carbocycles. The molecule has 0 unspecified atom stereocenters. The van der Waals surface area contributed by atoms with E-state index in [9.17, 15) is 73.2 Å². The lowest BCUT2D eigenvalue weighted by Crippen LogP contribution is -2.58. The number of rotatable bonds is 26. The molecule has 15 N–H and O–H groups in total. The molecule has 0 bridgehead atoms. The molecule has 0 spiro atoms. The number of amides is 7. The molecule has 0 radical (unpaired) electrons. The first kappa shape index (κ1) is 65.9. The van der Waals surface area contributed by atoms with Crippen molar-refractivity contribution in [1.82, 2.24) is 51.1 Å². The van der Waals surface area contributed by atoms with Gasteiger partial charge in [-0.15, -0.1) is 0 Å². The van der Waals surface area contributed by atoms with Crippen LogP contribution in [0.25, 0.3) is 0 Å². The molecule has 0 aliphatic carbocycles. The number of carboxylic acid groups (broad SMARTS) is 4. The summed E-state index contributed by atoms with van der Waals surface area (Å²) >= 11 is 0. The average molecular weight is 1120 g/mol. The Morgan fingerprint density at radius 2 is 1.09 bits per heavy atom. The van der Waals surface area contributed by atoms with Gasteiger partial charge in [-0.05, 0) is 57.1 Å². The lowest BCUT2D eigenvalue weighted by atomic mass is 10.0. The second kappa shape index (κ2) is 35.2. The summed E-state index contributed by atoms with van der Waals surface area (Å²) in [6.45, 7) is 0.793. The summed E-state index contributed by atoms with van der Waals surface area (Å²) in [4.78, 5) is 157. The van der Waals surface area contributed by atoms with Gasteiger partial charge in [0, 0.05) is 77.8 Å². The van der Waals surface area contributed by atoms with E-state index < -0.39 is 108 Å². The predicted molar refractivity (Wildman–Crippen MR) is 284 cm³/mol. The second-order valence-corrected chi connectivity index (χ2v) is 19.6. The average Bonchev–Trinajstić information content (AvgIpc) is 3.38. The van der Waals surface area contributed by atoms with Crippen LogP contribution in [0.3, 0.4) is 0 Å². The Labute approximate surface area is 458 Å². The molecule has 79 heavy (non-hydrogen) atoms.